The lowest BCUT2D eigenvalue weighted by molar-refractivity contribution is -0.687. The summed E-state index contributed by atoms with van der Waals surface area (Å²) in [4.78, 5) is 23.2. The fourth-order valence-electron chi connectivity index (χ4n) is 2.36. The van der Waals surface area contributed by atoms with E-state index in [9.17, 15) is 19.8 Å². The number of hydrogen-bond acceptors (Lipinski definition) is 4. The number of quaternary nitrogens is 1. The summed E-state index contributed by atoms with van der Waals surface area (Å²) in [5.41, 5.74) is 0.640. The molecule has 0 spiro atoms. The highest BCUT2D eigenvalue weighted by molar-refractivity contribution is 6.02. The molecular weight excluding hydrogens is 296 g/mol. The van der Waals surface area contributed by atoms with Gasteiger partial charge in [-0.15, -0.1) is 0 Å². The summed E-state index contributed by atoms with van der Waals surface area (Å²) in [7, 11) is 0. The first-order valence-corrected chi connectivity index (χ1v) is 7.47. The topological polar surface area (TPSA) is 106 Å². The second-order valence-corrected chi connectivity index (χ2v) is 5.52. The summed E-state index contributed by atoms with van der Waals surface area (Å²) in [6, 6.07) is 12.1. The van der Waals surface area contributed by atoms with Crippen LogP contribution in [0.1, 0.15) is 13.3 Å². The van der Waals surface area contributed by atoms with E-state index in [4.69, 9.17) is 0 Å². The zero-order chi connectivity index (χ0) is 16.8. The number of anilines is 1. The van der Waals surface area contributed by atoms with Gasteiger partial charge in [-0.05, 0) is 18.4 Å². The molecule has 2 aromatic rings. The predicted molar refractivity (Wildman–Crippen MR) is 84.5 cm³/mol. The van der Waals surface area contributed by atoms with Crippen LogP contribution >= 0.6 is 0 Å². The summed E-state index contributed by atoms with van der Waals surface area (Å²) in [5, 5.41) is 26.4. The van der Waals surface area contributed by atoms with Gasteiger partial charge < -0.3 is 25.6 Å². The molecule has 0 aromatic heterocycles. The van der Waals surface area contributed by atoms with Gasteiger partial charge in [0.1, 0.15) is 12.6 Å². The van der Waals surface area contributed by atoms with Crippen molar-refractivity contribution in [2.75, 3.05) is 11.9 Å². The van der Waals surface area contributed by atoms with Gasteiger partial charge >= 0.3 is 0 Å². The van der Waals surface area contributed by atoms with E-state index in [2.05, 4.69) is 5.32 Å². The molecule has 0 radical (unpaired) electrons. The minimum atomic E-state index is -1.32. The third-order valence-electron chi connectivity index (χ3n) is 3.53. The number of carbonyl (C=O) groups excluding carboxylic acids is 2. The Morgan fingerprint density at radius 3 is 2.61 bits per heavy atom. The van der Waals surface area contributed by atoms with Crippen LogP contribution in [0.4, 0.5) is 5.69 Å². The number of fused-ring (bicyclic) bond motifs is 1. The highest BCUT2D eigenvalue weighted by Crippen LogP contribution is 2.22. The number of amides is 1. The highest BCUT2D eigenvalue weighted by Gasteiger charge is 2.19. The molecule has 2 aromatic carbocycles. The van der Waals surface area contributed by atoms with Gasteiger partial charge in [0, 0.05) is 11.1 Å². The molecule has 0 fully saturated rings. The molecule has 2 rings (SSSR count). The van der Waals surface area contributed by atoms with Gasteiger partial charge in [0.15, 0.2) is 0 Å². The lowest BCUT2D eigenvalue weighted by atomic mass is 10.1. The van der Waals surface area contributed by atoms with Gasteiger partial charge in [-0.2, -0.15) is 0 Å². The molecule has 0 unspecified atom stereocenters. The molecule has 6 nitrogen and oxygen atoms in total. The van der Waals surface area contributed by atoms with E-state index < -0.39 is 24.0 Å². The summed E-state index contributed by atoms with van der Waals surface area (Å²) in [6.07, 6.45) is -0.879. The van der Waals surface area contributed by atoms with Crippen molar-refractivity contribution in [3.8, 4) is 0 Å². The molecule has 4 N–H and O–H groups in total. The van der Waals surface area contributed by atoms with Crippen molar-refractivity contribution in [1.82, 2.24) is 0 Å². The van der Waals surface area contributed by atoms with Crippen LogP contribution in [0.2, 0.25) is 0 Å². The molecule has 0 saturated carbocycles. The van der Waals surface area contributed by atoms with Gasteiger partial charge in [0.2, 0.25) is 5.91 Å². The van der Waals surface area contributed by atoms with E-state index in [1.807, 2.05) is 36.4 Å². The fraction of sp³-hybridized carbons (Fsp3) is 0.294. The third kappa shape index (κ3) is 4.77. The number of aliphatic hydroxyl groups excluding tert-OH is 1. The molecule has 122 valence electrons. The second-order valence-electron chi connectivity index (χ2n) is 5.52. The van der Waals surface area contributed by atoms with Gasteiger partial charge in [-0.3, -0.25) is 4.79 Å². The molecular formula is C17H20N2O4. The Balaban J connectivity index is 2.06. The smallest absolute Gasteiger partial charge is 0.230 e. The average molecular weight is 316 g/mol. The van der Waals surface area contributed by atoms with Crippen LogP contribution < -0.4 is 15.7 Å². The number of aliphatic hydroxyl groups is 1. The average Bonchev–Trinajstić information content (AvgIpc) is 2.51. The first-order chi connectivity index (χ1) is 11.0. The summed E-state index contributed by atoms with van der Waals surface area (Å²) in [5.74, 6) is -1.73. The molecule has 0 aliphatic heterocycles. The number of carbonyl (C=O) groups is 2. The molecule has 0 bridgehead atoms. The molecule has 0 aliphatic rings. The van der Waals surface area contributed by atoms with Gasteiger partial charge in [-0.1, -0.05) is 36.4 Å². The second kappa shape index (κ2) is 7.71. The van der Waals surface area contributed by atoms with E-state index in [1.165, 1.54) is 5.32 Å². The van der Waals surface area contributed by atoms with E-state index in [1.54, 1.807) is 13.0 Å². The van der Waals surface area contributed by atoms with Crippen LogP contribution in [0.15, 0.2) is 42.5 Å². The van der Waals surface area contributed by atoms with Crippen molar-refractivity contribution in [3.05, 3.63) is 42.5 Å². The molecule has 0 saturated heterocycles. The zero-order valence-corrected chi connectivity index (χ0v) is 12.9. The maximum absolute atomic E-state index is 12.1. The van der Waals surface area contributed by atoms with Crippen LogP contribution in [0.5, 0.6) is 0 Å². The molecule has 2 atom stereocenters. The number of nitrogens with one attached hydrogen (secondary N) is 1. The number of hydrogen-bond donors (Lipinski definition) is 3. The van der Waals surface area contributed by atoms with Crippen LogP contribution in [0.25, 0.3) is 10.8 Å². The Morgan fingerprint density at radius 2 is 1.91 bits per heavy atom. The first kappa shape index (κ1) is 16.9. The van der Waals surface area contributed by atoms with E-state index in [0.717, 1.165) is 10.8 Å². The Labute approximate surface area is 134 Å². The van der Waals surface area contributed by atoms with Crippen molar-refractivity contribution in [2.24, 2.45) is 0 Å². The maximum atomic E-state index is 12.1. The Bertz CT molecular complexity index is 695. The summed E-state index contributed by atoms with van der Waals surface area (Å²) < 4.78 is 0. The number of carboxylic acids is 1. The van der Waals surface area contributed by atoms with Crippen molar-refractivity contribution in [2.45, 2.75) is 25.5 Å². The van der Waals surface area contributed by atoms with Crippen LogP contribution in [-0.2, 0) is 9.59 Å². The van der Waals surface area contributed by atoms with Crippen molar-refractivity contribution in [1.29, 1.82) is 0 Å². The molecule has 6 heteroatoms. The van der Waals surface area contributed by atoms with Crippen molar-refractivity contribution >= 4 is 28.3 Å². The van der Waals surface area contributed by atoms with Crippen molar-refractivity contribution < 1.29 is 25.1 Å². The minimum Gasteiger partial charge on any atom is -0.544 e. The van der Waals surface area contributed by atoms with Gasteiger partial charge in [0.25, 0.3) is 0 Å². The van der Waals surface area contributed by atoms with Crippen LogP contribution in [-0.4, -0.2) is 35.7 Å². The SMILES string of the molecule is C[C@H](O)C[NH2+][C@H](CC(=O)Nc1cccc2ccccc12)C(=O)[O-]. The lowest BCUT2D eigenvalue weighted by Gasteiger charge is -2.17. The van der Waals surface area contributed by atoms with Gasteiger partial charge in [0.05, 0.1) is 18.5 Å². The number of carboxylic acid groups (broad SMARTS) is 1. The Kier molecular flexibility index (Phi) is 5.67. The molecule has 0 aliphatic carbocycles. The number of aliphatic carboxylic acids is 1. The normalized spacial score (nSPS) is 13.5. The first-order valence-electron chi connectivity index (χ1n) is 7.47. The summed E-state index contributed by atoms with van der Waals surface area (Å²) in [6.45, 7) is 1.75. The number of benzene rings is 2. The van der Waals surface area contributed by atoms with Crippen LogP contribution in [0.3, 0.4) is 0 Å². The fourth-order valence-corrected chi connectivity index (χ4v) is 2.36. The predicted octanol–water partition coefficient (Wildman–Crippen LogP) is -0.769. The highest BCUT2D eigenvalue weighted by atomic mass is 16.4. The van der Waals surface area contributed by atoms with E-state index in [0.29, 0.717) is 5.69 Å². The third-order valence-corrected chi connectivity index (χ3v) is 3.53. The standard InChI is InChI=1S/C17H20N2O4/c1-11(20)10-18-15(17(22)23)9-16(21)19-14-8-4-6-12-5-2-3-7-13(12)14/h2-8,11,15,18,20H,9-10H2,1H3,(H,19,21)(H,22,23)/t11-,15+/m0/s1. The monoisotopic (exact) mass is 316 g/mol. The molecule has 1 amide bonds. The van der Waals surface area contributed by atoms with Crippen LogP contribution in [0, 0.1) is 0 Å². The quantitative estimate of drug-likeness (QED) is 0.624. The number of rotatable bonds is 7. The summed E-state index contributed by atoms with van der Waals surface area (Å²) >= 11 is 0. The van der Waals surface area contributed by atoms with Crippen molar-refractivity contribution in [3.63, 3.8) is 0 Å². The zero-order valence-electron chi connectivity index (χ0n) is 12.9. The lowest BCUT2D eigenvalue weighted by Crippen LogP contribution is -2.94. The molecule has 23 heavy (non-hydrogen) atoms. The van der Waals surface area contributed by atoms with E-state index >= 15 is 0 Å². The van der Waals surface area contributed by atoms with E-state index in [-0.39, 0.29) is 13.0 Å². The van der Waals surface area contributed by atoms with Gasteiger partial charge in [-0.25, -0.2) is 0 Å². The minimum absolute atomic E-state index is 0.195. The maximum Gasteiger partial charge on any atom is 0.230 e. The Morgan fingerprint density at radius 1 is 1.22 bits per heavy atom. The largest absolute Gasteiger partial charge is 0.544 e. The number of nitrogens with two attached hydrogens (primary N) is 1. The Hall–Kier alpha value is -2.44. The molecule has 0 heterocycles.